The van der Waals surface area contributed by atoms with Crippen molar-refractivity contribution in [2.45, 2.75) is 10.1 Å². The minimum atomic E-state index is -3.78. The van der Waals surface area contributed by atoms with Gasteiger partial charge in [-0.25, -0.2) is 8.42 Å². The lowest BCUT2D eigenvalue weighted by atomic mass is 10.3. The Bertz CT molecular complexity index is 1340. The van der Waals surface area contributed by atoms with Crippen LogP contribution in [-0.4, -0.2) is 41.9 Å². The normalized spacial score (nSPS) is 11.2. The van der Waals surface area contributed by atoms with E-state index in [9.17, 15) is 13.2 Å². The molecular weight excluding hydrogens is 458 g/mol. The first kappa shape index (κ1) is 22.6. The molecule has 0 saturated carbocycles. The van der Waals surface area contributed by atoms with Crippen LogP contribution in [0.3, 0.4) is 0 Å². The number of carbonyl (C=O) groups excluding carboxylic acids is 1. The molecule has 1 N–H and O–H groups in total. The zero-order valence-electron chi connectivity index (χ0n) is 17.7. The van der Waals surface area contributed by atoms with Crippen molar-refractivity contribution in [2.75, 3.05) is 22.4 Å². The average Bonchev–Trinajstić information content (AvgIpc) is 3.32. The van der Waals surface area contributed by atoms with Gasteiger partial charge in [0.2, 0.25) is 5.91 Å². The van der Waals surface area contributed by atoms with Crippen molar-refractivity contribution >= 4 is 39.1 Å². The topological polar surface area (TPSA) is 97.2 Å². The predicted molar refractivity (Wildman–Crippen MR) is 129 cm³/mol. The molecule has 4 rings (SSSR count). The second-order valence-electron chi connectivity index (χ2n) is 6.99. The Labute approximate surface area is 196 Å². The highest BCUT2D eigenvalue weighted by atomic mass is 32.2. The van der Waals surface area contributed by atoms with Crippen LogP contribution < -0.4 is 9.62 Å². The molecule has 0 aliphatic carbocycles. The third-order valence-corrected chi connectivity index (χ3v) is 7.50. The molecule has 33 heavy (non-hydrogen) atoms. The summed E-state index contributed by atoms with van der Waals surface area (Å²) in [5.74, 6) is -0.194. The van der Waals surface area contributed by atoms with E-state index >= 15 is 0 Å². The van der Waals surface area contributed by atoms with Crippen molar-refractivity contribution in [2.24, 2.45) is 0 Å². The number of carbonyl (C=O) groups is 1. The molecule has 168 valence electrons. The second kappa shape index (κ2) is 9.88. The summed E-state index contributed by atoms with van der Waals surface area (Å²) in [6.07, 6.45) is 1.59. The van der Waals surface area contributed by atoms with Gasteiger partial charge in [0.05, 0.1) is 16.3 Å². The largest absolute Gasteiger partial charge is 0.325 e. The highest BCUT2D eigenvalue weighted by Gasteiger charge is 2.21. The quantitative estimate of drug-likeness (QED) is 0.386. The molecular formula is C23H21N5O3S2. The van der Waals surface area contributed by atoms with Crippen molar-refractivity contribution in [3.05, 3.63) is 91.3 Å². The number of rotatable bonds is 8. The Morgan fingerprint density at radius 3 is 2.42 bits per heavy atom. The van der Waals surface area contributed by atoms with E-state index in [2.05, 4.69) is 15.5 Å². The highest BCUT2D eigenvalue weighted by molar-refractivity contribution is 7.99. The fourth-order valence-corrected chi connectivity index (χ4v) is 5.06. The molecule has 0 radical (unpaired) electrons. The molecule has 3 aromatic carbocycles. The van der Waals surface area contributed by atoms with Gasteiger partial charge in [-0.05, 0) is 42.5 Å². The summed E-state index contributed by atoms with van der Waals surface area (Å²) in [4.78, 5) is 12.6. The SMILES string of the molecule is CN(c1ccccc1)S(=O)(=O)c1cccc(NC(=O)CSc2nncn2-c2ccccc2)c1. The van der Waals surface area contributed by atoms with Gasteiger partial charge in [-0.15, -0.1) is 10.2 Å². The second-order valence-corrected chi connectivity index (χ2v) is 9.90. The molecule has 0 bridgehead atoms. The summed E-state index contributed by atoms with van der Waals surface area (Å²) >= 11 is 1.24. The maximum Gasteiger partial charge on any atom is 0.264 e. The van der Waals surface area contributed by atoms with Gasteiger partial charge in [0.1, 0.15) is 6.33 Å². The lowest BCUT2D eigenvalue weighted by Gasteiger charge is -2.19. The number of para-hydroxylation sites is 2. The summed E-state index contributed by atoms with van der Waals surface area (Å²) in [7, 11) is -2.28. The first-order valence-corrected chi connectivity index (χ1v) is 12.4. The van der Waals surface area contributed by atoms with Crippen LogP contribution in [0.25, 0.3) is 5.69 Å². The van der Waals surface area contributed by atoms with Gasteiger partial charge >= 0.3 is 0 Å². The Morgan fingerprint density at radius 2 is 1.70 bits per heavy atom. The van der Waals surface area contributed by atoms with Crippen LogP contribution in [0.4, 0.5) is 11.4 Å². The van der Waals surface area contributed by atoms with Gasteiger partial charge in [-0.2, -0.15) is 0 Å². The zero-order chi connectivity index (χ0) is 23.3. The van der Waals surface area contributed by atoms with Gasteiger partial charge in [0, 0.05) is 18.4 Å². The maximum atomic E-state index is 13.0. The number of anilines is 2. The molecule has 10 heteroatoms. The minimum Gasteiger partial charge on any atom is -0.325 e. The van der Waals surface area contributed by atoms with E-state index in [1.165, 1.54) is 35.2 Å². The van der Waals surface area contributed by atoms with Crippen LogP contribution >= 0.6 is 11.8 Å². The van der Waals surface area contributed by atoms with Gasteiger partial charge in [-0.1, -0.05) is 54.2 Å². The summed E-state index contributed by atoms with van der Waals surface area (Å²) in [6, 6.07) is 24.6. The molecule has 0 aliphatic heterocycles. The monoisotopic (exact) mass is 479 g/mol. The van der Waals surface area contributed by atoms with Gasteiger partial charge in [0.25, 0.3) is 10.0 Å². The summed E-state index contributed by atoms with van der Waals surface area (Å²) in [5.41, 5.74) is 1.84. The molecule has 1 heterocycles. The Morgan fingerprint density at radius 1 is 1.00 bits per heavy atom. The molecule has 4 aromatic rings. The smallest absolute Gasteiger partial charge is 0.264 e. The van der Waals surface area contributed by atoms with E-state index in [0.29, 0.717) is 16.5 Å². The number of thioether (sulfide) groups is 1. The van der Waals surface area contributed by atoms with E-state index in [0.717, 1.165) is 5.69 Å². The molecule has 1 aromatic heterocycles. The lowest BCUT2D eigenvalue weighted by Crippen LogP contribution is -2.26. The van der Waals surface area contributed by atoms with Gasteiger partial charge in [-0.3, -0.25) is 13.7 Å². The summed E-state index contributed by atoms with van der Waals surface area (Å²) in [6.45, 7) is 0. The van der Waals surface area contributed by atoms with Crippen LogP contribution in [0.15, 0.2) is 101 Å². The van der Waals surface area contributed by atoms with Crippen LogP contribution in [-0.2, 0) is 14.8 Å². The number of nitrogens with zero attached hydrogens (tertiary/aromatic N) is 4. The van der Waals surface area contributed by atoms with E-state index in [1.807, 2.05) is 36.4 Å². The number of hydrogen-bond acceptors (Lipinski definition) is 6. The van der Waals surface area contributed by atoms with Crippen molar-refractivity contribution in [1.82, 2.24) is 14.8 Å². The highest BCUT2D eigenvalue weighted by Crippen LogP contribution is 2.24. The van der Waals surface area contributed by atoms with Crippen molar-refractivity contribution in [3.8, 4) is 5.69 Å². The average molecular weight is 480 g/mol. The number of amides is 1. The van der Waals surface area contributed by atoms with Crippen molar-refractivity contribution in [1.29, 1.82) is 0 Å². The van der Waals surface area contributed by atoms with E-state index in [4.69, 9.17) is 0 Å². The predicted octanol–water partition coefficient (Wildman–Crippen LogP) is 3.82. The van der Waals surface area contributed by atoms with Gasteiger partial charge < -0.3 is 5.32 Å². The molecule has 0 unspecified atom stereocenters. The van der Waals surface area contributed by atoms with Crippen LogP contribution in [0.2, 0.25) is 0 Å². The lowest BCUT2D eigenvalue weighted by molar-refractivity contribution is -0.113. The van der Waals surface area contributed by atoms with Crippen molar-refractivity contribution < 1.29 is 13.2 Å². The maximum absolute atomic E-state index is 13.0. The van der Waals surface area contributed by atoms with Crippen LogP contribution in [0, 0.1) is 0 Å². The third-order valence-electron chi connectivity index (χ3n) is 4.78. The minimum absolute atomic E-state index is 0.0862. The zero-order valence-corrected chi connectivity index (χ0v) is 19.3. The number of sulfonamides is 1. The summed E-state index contributed by atoms with van der Waals surface area (Å²) in [5, 5.41) is 11.3. The fourth-order valence-electron chi connectivity index (χ4n) is 3.08. The molecule has 0 spiro atoms. The van der Waals surface area contributed by atoms with Crippen molar-refractivity contribution in [3.63, 3.8) is 0 Å². The molecule has 0 atom stereocenters. The number of benzene rings is 3. The fraction of sp³-hybridized carbons (Fsp3) is 0.0870. The van der Waals surface area contributed by atoms with E-state index < -0.39 is 10.0 Å². The number of hydrogen-bond donors (Lipinski definition) is 1. The van der Waals surface area contributed by atoms with Gasteiger partial charge in [0.15, 0.2) is 5.16 Å². The first-order chi connectivity index (χ1) is 15.9. The Balaban J connectivity index is 1.43. The Kier molecular flexibility index (Phi) is 6.76. The third kappa shape index (κ3) is 5.24. The molecule has 8 nitrogen and oxygen atoms in total. The molecule has 1 amide bonds. The molecule has 0 aliphatic rings. The Hall–Kier alpha value is -3.63. The van der Waals surface area contributed by atoms with E-state index in [-0.39, 0.29) is 16.6 Å². The summed E-state index contributed by atoms with van der Waals surface area (Å²) < 4.78 is 29.0. The molecule has 0 saturated heterocycles. The van der Waals surface area contributed by atoms with Crippen LogP contribution in [0.1, 0.15) is 0 Å². The molecule has 0 fully saturated rings. The van der Waals surface area contributed by atoms with Crippen LogP contribution in [0.5, 0.6) is 0 Å². The van der Waals surface area contributed by atoms with E-state index in [1.54, 1.807) is 47.3 Å². The standard InChI is InChI=1S/C23H21N5O3S2/c1-27(19-10-4-2-5-11-19)33(30,31)21-14-8-9-18(15-21)25-22(29)16-32-23-26-24-17-28(23)20-12-6-3-7-13-20/h2-15,17H,16H2,1H3,(H,25,29). The first-order valence-electron chi connectivity index (χ1n) is 9.97. The number of nitrogens with one attached hydrogen (secondary N) is 1. The number of aromatic nitrogens is 3.